The van der Waals surface area contributed by atoms with Crippen molar-refractivity contribution in [1.29, 1.82) is 0 Å². The lowest BCUT2D eigenvalue weighted by Crippen LogP contribution is -2.16. The quantitative estimate of drug-likeness (QED) is 0.873. The maximum Gasteiger partial charge on any atom is 0.255 e. The van der Waals surface area contributed by atoms with Gasteiger partial charge in [-0.1, -0.05) is 6.07 Å². The molecule has 0 bridgehead atoms. The fraction of sp³-hybridized carbons (Fsp3) is 0.350. The number of carbonyl (C=O) groups is 1. The molecule has 2 aromatic rings. The molecule has 1 atom stereocenters. The van der Waals surface area contributed by atoms with Gasteiger partial charge in [-0.25, -0.2) is 0 Å². The van der Waals surface area contributed by atoms with Crippen molar-refractivity contribution in [3.8, 4) is 5.75 Å². The van der Waals surface area contributed by atoms with E-state index in [-0.39, 0.29) is 12.0 Å². The van der Waals surface area contributed by atoms with E-state index in [0.29, 0.717) is 17.9 Å². The molecule has 1 fully saturated rings. The van der Waals surface area contributed by atoms with E-state index in [2.05, 4.69) is 5.32 Å². The van der Waals surface area contributed by atoms with Crippen LogP contribution in [-0.4, -0.2) is 39.3 Å². The number of carbonyl (C=O) groups excluding carboxylic acids is 1. The Hall–Kier alpha value is -2.53. The van der Waals surface area contributed by atoms with E-state index < -0.39 is 0 Å². The second kappa shape index (κ2) is 8.03. The van der Waals surface area contributed by atoms with Crippen LogP contribution in [0.1, 0.15) is 23.2 Å². The Morgan fingerprint density at radius 1 is 1.24 bits per heavy atom. The molecule has 1 saturated heterocycles. The standard InChI is InChI=1S/C20H24N2O3/c1-22(2)17-10-8-15(9-11-17)20(23)21-16-5-3-6-18(13-16)25-14-19-7-4-12-24-19/h3,5-6,8-11,13,19H,4,7,12,14H2,1-2H3,(H,21,23). The molecule has 1 unspecified atom stereocenters. The molecule has 1 heterocycles. The van der Waals surface area contributed by atoms with E-state index in [0.717, 1.165) is 30.9 Å². The predicted molar refractivity (Wildman–Crippen MR) is 99.6 cm³/mol. The van der Waals surface area contributed by atoms with Crippen molar-refractivity contribution in [2.24, 2.45) is 0 Å². The number of benzene rings is 2. The summed E-state index contributed by atoms with van der Waals surface area (Å²) in [6.07, 6.45) is 2.31. The molecule has 1 aliphatic heterocycles. The summed E-state index contributed by atoms with van der Waals surface area (Å²) >= 11 is 0. The van der Waals surface area contributed by atoms with E-state index >= 15 is 0 Å². The van der Waals surface area contributed by atoms with Gasteiger partial charge in [-0.3, -0.25) is 4.79 Å². The van der Waals surface area contributed by atoms with Crippen molar-refractivity contribution in [3.63, 3.8) is 0 Å². The van der Waals surface area contributed by atoms with E-state index in [1.807, 2.05) is 67.5 Å². The van der Waals surface area contributed by atoms with Crippen LogP contribution >= 0.6 is 0 Å². The van der Waals surface area contributed by atoms with Gasteiger partial charge < -0.3 is 19.7 Å². The van der Waals surface area contributed by atoms with Gasteiger partial charge in [0.25, 0.3) is 5.91 Å². The average molecular weight is 340 g/mol. The second-order valence-corrected chi connectivity index (χ2v) is 6.37. The van der Waals surface area contributed by atoms with Gasteiger partial charge in [-0.05, 0) is 49.2 Å². The van der Waals surface area contributed by atoms with Gasteiger partial charge in [0, 0.05) is 43.7 Å². The fourth-order valence-corrected chi connectivity index (χ4v) is 2.74. The highest BCUT2D eigenvalue weighted by molar-refractivity contribution is 6.04. The van der Waals surface area contributed by atoms with E-state index in [9.17, 15) is 4.79 Å². The van der Waals surface area contributed by atoms with Crippen LogP contribution in [0.25, 0.3) is 0 Å². The Morgan fingerprint density at radius 3 is 2.72 bits per heavy atom. The number of amides is 1. The first-order valence-corrected chi connectivity index (χ1v) is 8.55. The van der Waals surface area contributed by atoms with Gasteiger partial charge in [-0.2, -0.15) is 0 Å². The summed E-state index contributed by atoms with van der Waals surface area (Å²) in [4.78, 5) is 14.4. The van der Waals surface area contributed by atoms with Crippen LogP contribution in [0.4, 0.5) is 11.4 Å². The molecule has 2 aromatic carbocycles. The maximum atomic E-state index is 12.4. The topological polar surface area (TPSA) is 50.8 Å². The van der Waals surface area contributed by atoms with Crippen LogP contribution in [0.3, 0.4) is 0 Å². The summed E-state index contributed by atoms with van der Waals surface area (Å²) < 4.78 is 11.3. The van der Waals surface area contributed by atoms with Gasteiger partial charge in [0.2, 0.25) is 0 Å². The lowest BCUT2D eigenvalue weighted by Gasteiger charge is -2.13. The lowest BCUT2D eigenvalue weighted by molar-refractivity contribution is 0.0680. The van der Waals surface area contributed by atoms with Gasteiger partial charge in [0.05, 0.1) is 6.10 Å². The SMILES string of the molecule is CN(C)c1ccc(C(=O)Nc2cccc(OCC3CCCO3)c2)cc1. The Balaban J connectivity index is 1.59. The number of rotatable bonds is 6. The van der Waals surface area contributed by atoms with Crippen LogP contribution < -0.4 is 15.0 Å². The highest BCUT2D eigenvalue weighted by Gasteiger charge is 2.16. The normalized spacial score (nSPS) is 16.5. The summed E-state index contributed by atoms with van der Waals surface area (Å²) in [5.74, 6) is 0.595. The molecule has 0 spiro atoms. The first-order valence-electron chi connectivity index (χ1n) is 8.55. The Kier molecular flexibility index (Phi) is 5.56. The molecule has 1 N–H and O–H groups in total. The largest absolute Gasteiger partial charge is 0.491 e. The Bertz CT molecular complexity index is 707. The van der Waals surface area contributed by atoms with Gasteiger partial charge >= 0.3 is 0 Å². The molecule has 1 aliphatic rings. The Morgan fingerprint density at radius 2 is 2.04 bits per heavy atom. The molecule has 132 valence electrons. The zero-order chi connectivity index (χ0) is 17.6. The molecule has 5 heteroatoms. The van der Waals surface area contributed by atoms with E-state index in [1.54, 1.807) is 0 Å². The van der Waals surface area contributed by atoms with Crippen molar-refractivity contribution in [1.82, 2.24) is 0 Å². The minimum atomic E-state index is -0.137. The highest BCUT2D eigenvalue weighted by Crippen LogP contribution is 2.20. The van der Waals surface area contributed by atoms with Gasteiger partial charge in [0.1, 0.15) is 12.4 Å². The molecule has 3 rings (SSSR count). The number of nitrogens with zero attached hydrogens (tertiary/aromatic N) is 1. The highest BCUT2D eigenvalue weighted by atomic mass is 16.5. The summed E-state index contributed by atoms with van der Waals surface area (Å²) in [5.41, 5.74) is 2.39. The number of ether oxygens (including phenoxy) is 2. The molecule has 5 nitrogen and oxygen atoms in total. The number of hydrogen-bond acceptors (Lipinski definition) is 4. The van der Waals surface area contributed by atoms with Crippen LogP contribution in [0.2, 0.25) is 0 Å². The van der Waals surface area contributed by atoms with Crippen LogP contribution in [-0.2, 0) is 4.74 Å². The summed E-state index contributed by atoms with van der Waals surface area (Å²) in [5, 5.41) is 2.91. The molecular weight excluding hydrogens is 316 g/mol. The van der Waals surface area contributed by atoms with Crippen LogP contribution in [0, 0.1) is 0 Å². The van der Waals surface area contributed by atoms with Crippen molar-refractivity contribution >= 4 is 17.3 Å². The third-order valence-electron chi connectivity index (χ3n) is 4.20. The van der Waals surface area contributed by atoms with Gasteiger partial charge in [-0.15, -0.1) is 0 Å². The lowest BCUT2D eigenvalue weighted by atomic mass is 10.2. The summed E-state index contributed by atoms with van der Waals surface area (Å²) in [6.45, 7) is 1.36. The van der Waals surface area contributed by atoms with Crippen LogP contribution in [0.5, 0.6) is 5.75 Å². The maximum absolute atomic E-state index is 12.4. The molecule has 0 aliphatic carbocycles. The first kappa shape index (κ1) is 17.3. The smallest absolute Gasteiger partial charge is 0.255 e. The Labute approximate surface area is 148 Å². The van der Waals surface area contributed by atoms with Crippen molar-refractivity contribution in [3.05, 3.63) is 54.1 Å². The predicted octanol–water partition coefficient (Wildman–Crippen LogP) is 3.56. The van der Waals surface area contributed by atoms with Crippen molar-refractivity contribution < 1.29 is 14.3 Å². The summed E-state index contributed by atoms with van der Waals surface area (Å²) in [7, 11) is 3.94. The monoisotopic (exact) mass is 340 g/mol. The number of hydrogen-bond donors (Lipinski definition) is 1. The zero-order valence-corrected chi connectivity index (χ0v) is 14.7. The van der Waals surface area contributed by atoms with E-state index in [1.165, 1.54) is 0 Å². The number of nitrogens with one attached hydrogen (secondary N) is 1. The zero-order valence-electron chi connectivity index (χ0n) is 14.7. The third-order valence-corrected chi connectivity index (χ3v) is 4.20. The molecular formula is C20H24N2O3. The average Bonchev–Trinajstić information content (AvgIpc) is 3.14. The summed E-state index contributed by atoms with van der Waals surface area (Å²) in [6, 6.07) is 14.9. The fourth-order valence-electron chi connectivity index (χ4n) is 2.74. The molecule has 0 aromatic heterocycles. The molecule has 25 heavy (non-hydrogen) atoms. The second-order valence-electron chi connectivity index (χ2n) is 6.37. The van der Waals surface area contributed by atoms with E-state index in [4.69, 9.17) is 9.47 Å². The third kappa shape index (κ3) is 4.73. The minimum Gasteiger partial charge on any atom is -0.491 e. The van der Waals surface area contributed by atoms with Crippen molar-refractivity contribution in [2.75, 3.05) is 37.5 Å². The minimum absolute atomic E-state index is 0.137. The van der Waals surface area contributed by atoms with Crippen molar-refractivity contribution in [2.45, 2.75) is 18.9 Å². The number of anilines is 2. The molecule has 0 saturated carbocycles. The van der Waals surface area contributed by atoms with Gasteiger partial charge in [0.15, 0.2) is 0 Å². The first-order chi connectivity index (χ1) is 12.1. The molecule has 0 radical (unpaired) electrons. The molecule has 1 amide bonds. The van der Waals surface area contributed by atoms with Crippen LogP contribution in [0.15, 0.2) is 48.5 Å².